The van der Waals surface area contributed by atoms with Gasteiger partial charge in [0.15, 0.2) is 0 Å². The van der Waals surface area contributed by atoms with Gasteiger partial charge in [-0.05, 0) is 79.0 Å². The van der Waals surface area contributed by atoms with Gasteiger partial charge in [0, 0.05) is 12.6 Å². The highest BCUT2D eigenvalue weighted by atomic mass is 32.2. The molecule has 1 atom stereocenters. The van der Waals surface area contributed by atoms with Crippen LogP contribution in [0.2, 0.25) is 0 Å². The summed E-state index contributed by atoms with van der Waals surface area (Å²) in [5, 5.41) is 4.08. The molecular weight excluding hydrogens is 347 g/mol. The number of sulfonamides is 1. The third-order valence-electron chi connectivity index (χ3n) is 4.42. The molecule has 0 aliphatic carbocycles. The average Bonchev–Trinajstić information content (AvgIpc) is 3.24. The highest BCUT2D eigenvalue weighted by Crippen LogP contribution is 2.26. The van der Waals surface area contributed by atoms with E-state index in [0.717, 1.165) is 31.5 Å². The monoisotopic (exact) mass is 368 g/mol. The van der Waals surface area contributed by atoms with E-state index < -0.39 is 15.8 Å². The van der Waals surface area contributed by atoms with Crippen molar-refractivity contribution in [3.05, 3.63) is 52.0 Å². The first-order chi connectivity index (χ1) is 11.5. The Labute approximate surface area is 146 Å². The molecule has 1 aliphatic heterocycles. The third-order valence-corrected chi connectivity index (χ3v) is 6.54. The van der Waals surface area contributed by atoms with Gasteiger partial charge < -0.3 is 0 Å². The van der Waals surface area contributed by atoms with Gasteiger partial charge in [-0.25, -0.2) is 17.5 Å². The maximum absolute atomic E-state index is 13.4. The van der Waals surface area contributed by atoms with Crippen LogP contribution in [0.1, 0.15) is 30.0 Å². The number of nitrogens with one attached hydrogen (secondary N) is 1. The molecule has 1 fully saturated rings. The number of benzene rings is 1. The van der Waals surface area contributed by atoms with Gasteiger partial charge in [0.1, 0.15) is 5.82 Å². The molecule has 2 aromatic rings. The first-order valence-corrected chi connectivity index (χ1v) is 10.4. The van der Waals surface area contributed by atoms with Gasteiger partial charge in [-0.2, -0.15) is 11.3 Å². The van der Waals surface area contributed by atoms with Crippen molar-refractivity contribution < 1.29 is 12.8 Å². The van der Waals surface area contributed by atoms with Gasteiger partial charge in [-0.3, -0.25) is 4.90 Å². The Morgan fingerprint density at radius 3 is 2.67 bits per heavy atom. The zero-order chi connectivity index (χ0) is 17.2. The van der Waals surface area contributed by atoms with E-state index >= 15 is 0 Å². The van der Waals surface area contributed by atoms with Crippen molar-refractivity contribution in [3.8, 4) is 0 Å². The van der Waals surface area contributed by atoms with Crippen LogP contribution in [-0.2, 0) is 10.0 Å². The number of halogens is 1. The Balaban J connectivity index is 1.76. The van der Waals surface area contributed by atoms with E-state index in [0.29, 0.717) is 12.1 Å². The lowest BCUT2D eigenvalue weighted by Gasteiger charge is -2.27. The van der Waals surface area contributed by atoms with Gasteiger partial charge in [0.2, 0.25) is 10.0 Å². The fourth-order valence-electron chi connectivity index (χ4n) is 3.03. The molecule has 0 spiro atoms. The topological polar surface area (TPSA) is 49.4 Å². The second kappa shape index (κ2) is 7.31. The highest BCUT2D eigenvalue weighted by Gasteiger charge is 2.26. The van der Waals surface area contributed by atoms with Crippen LogP contribution in [0.25, 0.3) is 0 Å². The summed E-state index contributed by atoms with van der Waals surface area (Å²) in [4.78, 5) is 2.42. The van der Waals surface area contributed by atoms with Crippen molar-refractivity contribution in [2.45, 2.75) is 30.7 Å². The predicted octanol–water partition coefficient (Wildman–Crippen LogP) is 3.31. The molecule has 24 heavy (non-hydrogen) atoms. The lowest BCUT2D eigenvalue weighted by atomic mass is 10.1. The molecule has 1 aliphatic rings. The van der Waals surface area contributed by atoms with Gasteiger partial charge in [-0.15, -0.1) is 0 Å². The summed E-state index contributed by atoms with van der Waals surface area (Å²) in [6.07, 6.45) is 2.29. The Morgan fingerprint density at radius 2 is 2.04 bits per heavy atom. The second-order valence-corrected chi connectivity index (χ2v) is 8.63. The number of likely N-dealkylation sites (tertiary alicyclic amines) is 1. The number of hydrogen-bond acceptors (Lipinski definition) is 4. The Hall–Kier alpha value is -1.28. The Bertz CT molecular complexity index is 785. The summed E-state index contributed by atoms with van der Waals surface area (Å²) in [6.45, 7) is 3.85. The second-order valence-electron chi connectivity index (χ2n) is 6.08. The standard InChI is InChI=1S/C17H21FN2O2S2/c1-13-10-15(4-5-16(13)18)24(21,22)19-11-17(14-6-9-23-12-14)20-7-2-3-8-20/h4-6,9-10,12,17,19H,2-3,7-8,11H2,1H3/t17-/m1/s1. The maximum Gasteiger partial charge on any atom is 0.240 e. The fourth-order valence-corrected chi connectivity index (χ4v) is 4.86. The van der Waals surface area contributed by atoms with E-state index in [1.807, 2.05) is 11.4 Å². The van der Waals surface area contributed by atoms with Crippen LogP contribution in [0.3, 0.4) is 0 Å². The van der Waals surface area contributed by atoms with E-state index in [9.17, 15) is 12.8 Å². The lowest BCUT2D eigenvalue weighted by molar-refractivity contribution is 0.247. The molecule has 0 saturated carbocycles. The summed E-state index contributed by atoms with van der Waals surface area (Å²) in [7, 11) is -3.66. The zero-order valence-corrected chi connectivity index (χ0v) is 15.2. The molecule has 1 N–H and O–H groups in total. The van der Waals surface area contributed by atoms with Gasteiger partial charge in [-0.1, -0.05) is 0 Å². The fraction of sp³-hybridized carbons (Fsp3) is 0.412. The van der Waals surface area contributed by atoms with Gasteiger partial charge >= 0.3 is 0 Å². The van der Waals surface area contributed by atoms with E-state index in [1.165, 1.54) is 18.2 Å². The van der Waals surface area contributed by atoms with Crippen molar-refractivity contribution in [1.29, 1.82) is 0 Å². The molecule has 0 amide bonds. The quantitative estimate of drug-likeness (QED) is 0.851. The van der Waals surface area contributed by atoms with Crippen LogP contribution in [0, 0.1) is 12.7 Å². The van der Waals surface area contributed by atoms with Crippen LogP contribution in [0.5, 0.6) is 0 Å². The minimum Gasteiger partial charge on any atom is -0.295 e. The first kappa shape index (κ1) is 17.5. The zero-order valence-electron chi connectivity index (χ0n) is 13.5. The number of rotatable bonds is 6. The maximum atomic E-state index is 13.4. The summed E-state index contributed by atoms with van der Waals surface area (Å²) in [5.74, 6) is -0.401. The Kier molecular flexibility index (Phi) is 5.34. The number of hydrogen-bond donors (Lipinski definition) is 1. The van der Waals surface area contributed by atoms with Crippen LogP contribution < -0.4 is 4.72 Å². The van der Waals surface area contributed by atoms with E-state index in [-0.39, 0.29) is 10.9 Å². The predicted molar refractivity (Wildman–Crippen MR) is 94.2 cm³/mol. The molecule has 4 nitrogen and oxygen atoms in total. The molecule has 1 saturated heterocycles. The molecular formula is C17H21FN2O2S2. The Morgan fingerprint density at radius 1 is 1.29 bits per heavy atom. The number of thiophene rings is 1. The van der Waals surface area contributed by atoms with E-state index in [1.54, 1.807) is 18.3 Å². The molecule has 0 radical (unpaired) electrons. The van der Waals surface area contributed by atoms with E-state index in [2.05, 4.69) is 15.0 Å². The van der Waals surface area contributed by atoms with Crippen LogP contribution in [0.4, 0.5) is 4.39 Å². The lowest BCUT2D eigenvalue weighted by Crippen LogP contribution is -2.36. The highest BCUT2D eigenvalue weighted by molar-refractivity contribution is 7.89. The van der Waals surface area contributed by atoms with Crippen LogP contribution >= 0.6 is 11.3 Å². The van der Waals surface area contributed by atoms with Crippen molar-refractivity contribution >= 4 is 21.4 Å². The van der Waals surface area contributed by atoms with Crippen LogP contribution in [0.15, 0.2) is 39.9 Å². The average molecular weight is 368 g/mol. The van der Waals surface area contributed by atoms with Crippen molar-refractivity contribution in [2.75, 3.05) is 19.6 Å². The summed E-state index contributed by atoms with van der Waals surface area (Å²) in [5.41, 5.74) is 1.46. The smallest absolute Gasteiger partial charge is 0.240 e. The molecule has 1 aromatic carbocycles. The molecule has 3 rings (SSSR count). The van der Waals surface area contributed by atoms with Crippen molar-refractivity contribution in [1.82, 2.24) is 9.62 Å². The molecule has 0 unspecified atom stereocenters. The third kappa shape index (κ3) is 3.85. The van der Waals surface area contributed by atoms with Gasteiger partial charge in [0.05, 0.1) is 4.90 Å². The van der Waals surface area contributed by atoms with Crippen molar-refractivity contribution in [2.24, 2.45) is 0 Å². The minimum absolute atomic E-state index is 0.0371. The molecule has 1 aromatic heterocycles. The number of nitrogens with zero attached hydrogens (tertiary/aromatic N) is 1. The molecule has 130 valence electrons. The molecule has 0 bridgehead atoms. The number of aryl methyl sites for hydroxylation is 1. The molecule has 7 heteroatoms. The normalized spacial score (nSPS) is 17.2. The molecule has 2 heterocycles. The summed E-state index contributed by atoms with van der Waals surface area (Å²) >= 11 is 1.61. The van der Waals surface area contributed by atoms with Crippen LogP contribution in [-0.4, -0.2) is 33.0 Å². The summed E-state index contributed by atoms with van der Waals surface area (Å²) < 4.78 is 41.1. The largest absolute Gasteiger partial charge is 0.295 e. The first-order valence-electron chi connectivity index (χ1n) is 7.99. The summed E-state index contributed by atoms with van der Waals surface area (Å²) in [6, 6.07) is 5.95. The van der Waals surface area contributed by atoms with Crippen molar-refractivity contribution in [3.63, 3.8) is 0 Å². The SMILES string of the molecule is Cc1cc(S(=O)(=O)NC[C@H](c2ccsc2)N2CCCC2)ccc1F. The minimum atomic E-state index is -3.66. The van der Waals surface area contributed by atoms with Gasteiger partial charge in [0.25, 0.3) is 0 Å². The van der Waals surface area contributed by atoms with E-state index in [4.69, 9.17) is 0 Å².